The summed E-state index contributed by atoms with van der Waals surface area (Å²) in [6, 6.07) is 11.4. The van der Waals surface area contributed by atoms with E-state index in [9.17, 15) is 4.79 Å². The Hall–Kier alpha value is -4.18. The number of aromatic amines is 1. The quantitative estimate of drug-likeness (QED) is 0.289. The zero-order valence-corrected chi connectivity index (χ0v) is 18.8. The number of aryl methyl sites for hydroxylation is 1. The molecular formula is C22H20ClN7O3. The first-order valence-electron chi connectivity index (χ1n) is 9.77. The van der Waals surface area contributed by atoms with Gasteiger partial charge in [0.1, 0.15) is 23.2 Å². The number of nitrogens with one attached hydrogen (secondary N) is 2. The SMILES string of the molecule is Cc1nc2c(Oc3cccc(C(=O)N(C)C)c3)nc(Oc3cc(C(=N)N)ccc3Cl)nc2[nH]1. The van der Waals surface area contributed by atoms with Crippen molar-refractivity contribution in [1.82, 2.24) is 24.8 Å². The second-order valence-corrected chi connectivity index (χ2v) is 7.73. The van der Waals surface area contributed by atoms with Crippen LogP contribution >= 0.6 is 11.6 Å². The standard InChI is InChI=1S/C22H20ClN7O3/c1-11-26-17-19(27-11)28-22(33-16-10-12(18(24)25)7-8-15(16)23)29-20(17)32-14-6-4-5-13(9-14)21(31)30(2)3/h4-10H,1-3H3,(H3,24,25)(H,26,27,28,29). The number of nitrogens with zero attached hydrogens (tertiary/aromatic N) is 4. The Balaban J connectivity index is 1.73. The van der Waals surface area contributed by atoms with Crippen molar-refractivity contribution in [3.8, 4) is 23.4 Å². The van der Waals surface area contributed by atoms with E-state index in [4.69, 9.17) is 32.2 Å². The summed E-state index contributed by atoms with van der Waals surface area (Å²) >= 11 is 6.24. The summed E-state index contributed by atoms with van der Waals surface area (Å²) < 4.78 is 11.8. The van der Waals surface area contributed by atoms with Gasteiger partial charge in [0.15, 0.2) is 11.2 Å². The molecule has 2 aromatic heterocycles. The van der Waals surface area contributed by atoms with Crippen molar-refractivity contribution >= 4 is 34.5 Å². The van der Waals surface area contributed by atoms with Crippen LogP contribution in [0.5, 0.6) is 23.4 Å². The van der Waals surface area contributed by atoms with Gasteiger partial charge in [0.2, 0.25) is 0 Å². The van der Waals surface area contributed by atoms with Gasteiger partial charge in [-0.25, -0.2) is 4.98 Å². The van der Waals surface area contributed by atoms with E-state index in [1.807, 2.05) is 0 Å². The molecule has 0 radical (unpaired) electrons. The van der Waals surface area contributed by atoms with Gasteiger partial charge in [0.05, 0.1) is 5.02 Å². The maximum Gasteiger partial charge on any atom is 0.327 e. The van der Waals surface area contributed by atoms with E-state index in [1.165, 1.54) is 11.0 Å². The third-order valence-electron chi connectivity index (χ3n) is 4.56. The Bertz CT molecular complexity index is 1380. The summed E-state index contributed by atoms with van der Waals surface area (Å²) in [5, 5.41) is 7.91. The largest absolute Gasteiger partial charge is 0.437 e. The number of benzene rings is 2. The Morgan fingerprint density at radius 3 is 2.61 bits per heavy atom. The molecule has 4 N–H and O–H groups in total. The number of imidazole rings is 1. The van der Waals surface area contributed by atoms with Crippen molar-refractivity contribution in [3.63, 3.8) is 0 Å². The van der Waals surface area contributed by atoms with E-state index in [0.717, 1.165) is 0 Å². The molecule has 0 saturated carbocycles. The van der Waals surface area contributed by atoms with Gasteiger partial charge in [-0.05, 0) is 43.3 Å². The lowest BCUT2D eigenvalue weighted by Crippen LogP contribution is -2.21. The average molecular weight is 466 g/mol. The Labute approximate surface area is 193 Å². The van der Waals surface area contributed by atoms with Gasteiger partial charge in [0.25, 0.3) is 11.8 Å². The fourth-order valence-corrected chi connectivity index (χ4v) is 3.15. The average Bonchev–Trinajstić information content (AvgIpc) is 3.15. The number of carbonyl (C=O) groups is 1. The molecule has 2 heterocycles. The molecule has 11 heteroatoms. The van der Waals surface area contributed by atoms with Crippen LogP contribution in [0.4, 0.5) is 0 Å². The highest BCUT2D eigenvalue weighted by molar-refractivity contribution is 6.32. The monoisotopic (exact) mass is 465 g/mol. The maximum absolute atomic E-state index is 12.3. The molecule has 10 nitrogen and oxygen atoms in total. The third-order valence-corrected chi connectivity index (χ3v) is 4.87. The minimum atomic E-state index is -0.159. The molecule has 1 amide bonds. The van der Waals surface area contributed by atoms with Crippen LogP contribution in [0, 0.1) is 12.3 Å². The fourth-order valence-electron chi connectivity index (χ4n) is 3.00. The molecule has 2 aromatic carbocycles. The highest BCUT2D eigenvalue weighted by atomic mass is 35.5. The molecule has 0 unspecified atom stereocenters. The van der Waals surface area contributed by atoms with E-state index in [-0.39, 0.29) is 29.4 Å². The predicted molar refractivity (Wildman–Crippen MR) is 123 cm³/mol. The molecule has 0 aliphatic carbocycles. The van der Waals surface area contributed by atoms with E-state index in [2.05, 4.69) is 19.9 Å². The first-order valence-corrected chi connectivity index (χ1v) is 10.1. The summed E-state index contributed by atoms with van der Waals surface area (Å²) in [5.74, 6) is 1.07. The van der Waals surface area contributed by atoms with Gasteiger partial charge < -0.3 is 25.1 Å². The molecule has 0 saturated heterocycles. The number of aromatic nitrogens is 4. The molecule has 4 rings (SSSR count). The number of H-pyrrole nitrogens is 1. The number of rotatable bonds is 6. The Morgan fingerprint density at radius 2 is 1.88 bits per heavy atom. The molecule has 0 spiro atoms. The number of hydrogen-bond donors (Lipinski definition) is 3. The highest BCUT2D eigenvalue weighted by Gasteiger charge is 2.17. The third kappa shape index (κ3) is 4.70. The van der Waals surface area contributed by atoms with Crippen molar-refractivity contribution in [2.45, 2.75) is 6.92 Å². The number of carbonyl (C=O) groups excluding carboxylic acids is 1. The van der Waals surface area contributed by atoms with Gasteiger partial charge in [-0.15, -0.1) is 0 Å². The van der Waals surface area contributed by atoms with Crippen LogP contribution in [0.25, 0.3) is 11.2 Å². The zero-order chi connectivity index (χ0) is 23.7. The van der Waals surface area contributed by atoms with Gasteiger partial charge in [-0.3, -0.25) is 10.2 Å². The molecule has 0 bridgehead atoms. The molecule has 0 fully saturated rings. The summed E-state index contributed by atoms with van der Waals surface area (Å²) in [7, 11) is 3.35. The minimum Gasteiger partial charge on any atom is -0.437 e. The molecule has 0 atom stereocenters. The van der Waals surface area contributed by atoms with E-state index < -0.39 is 0 Å². The molecule has 168 valence electrons. The van der Waals surface area contributed by atoms with Crippen LogP contribution in [0.15, 0.2) is 42.5 Å². The Kier molecular flexibility index (Phi) is 5.84. The van der Waals surface area contributed by atoms with Crippen LogP contribution in [0.3, 0.4) is 0 Å². The number of amides is 1. The number of nitrogens with two attached hydrogens (primary N) is 1. The van der Waals surface area contributed by atoms with Gasteiger partial charge in [-0.1, -0.05) is 17.7 Å². The van der Waals surface area contributed by atoms with E-state index in [0.29, 0.717) is 38.9 Å². The number of nitrogen functional groups attached to an aromatic ring is 1. The second kappa shape index (κ2) is 8.75. The second-order valence-electron chi connectivity index (χ2n) is 7.32. The van der Waals surface area contributed by atoms with Crippen LogP contribution < -0.4 is 15.2 Å². The number of amidine groups is 1. The van der Waals surface area contributed by atoms with E-state index >= 15 is 0 Å². The highest BCUT2D eigenvalue weighted by Crippen LogP contribution is 2.33. The van der Waals surface area contributed by atoms with Crippen molar-refractivity contribution < 1.29 is 14.3 Å². The molecule has 4 aromatic rings. The summed E-state index contributed by atoms with van der Waals surface area (Å²) in [6.45, 7) is 1.77. The lowest BCUT2D eigenvalue weighted by molar-refractivity contribution is 0.0827. The summed E-state index contributed by atoms with van der Waals surface area (Å²) in [6.07, 6.45) is 0. The van der Waals surface area contributed by atoms with Crippen molar-refractivity contribution in [2.24, 2.45) is 5.73 Å². The maximum atomic E-state index is 12.3. The van der Waals surface area contributed by atoms with Crippen LogP contribution in [0.2, 0.25) is 5.02 Å². The number of ether oxygens (including phenoxy) is 2. The summed E-state index contributed by atoms with van der Waals surface area (Å²) in [4.78, 5) is 29.9. The number of hydrogen-bond acceptors (Lipinski definition) is 7. The topological polar surface area (TPSA) is 143 Å². The fraction of sp³-hybridized carbons (Fsp3) is 0.136. The van der Waals surface area contributed by atoms with Gasteiger partial charge >= 0.3 is 6.01 Å². The lowest BCUT2D eigenvalue weighted by atomic mass is 10.2. The van der Waals surface area contributed by atoms with Gasteiger partial charge in [-0.2, -0.15) is 9.97 Å². The van der Waals surface area contributed by atoms with E-state index in [1.54, 1.807) is 57.4 Å². The normalized spacial score (nSPS) is 10.8. The lowest BCUT2D eigenvalue weighted by Gasteiger charge is -2.12. The van der Waals surface area contributed by atoms with Crippen molar-refractivity contribution in [3.05, 3.63) is 64.4 Å². The van der Waals surface area contributed by atoms with Crippen LogP contribution in [0.1, 0.15) is 21.7 Å². The van der Waals surface area contributed by atoms with Crippen LogP contribution in [-0.2, 0) is 0 Å². The Morgan fingerprint density at radius 1 is 1.09 bits per heavy atom. The number of fused-ring (bicyclic) bond motifs is 1. The van der Waals surface area contributed by atoms with Crippen LogP contribution in [-0.4, -0.2) is 50.7 Å². The molecule has 0 aliphatic heterocycles. The van der Waals surface area contributed by atoms with Crippen molar-refractivity contribution in [1.29, 1.82) is 5.41 Å². The molecule has 33 heavy (non-hydrogen) atoms. The van der Waals surface area contributed by atoms with Gasteiger partial charge in [0, 0.05) is 25.2 Å². The minimum absolute atomic E-state index is 0.0516. The predicted octanol–water partition coefficient (Wildman–Crippen LogP) is 3.89. The summed E-state index contributed by atoms with van der Waals surface area (Å²) in [5.41, 5.74) is 7.25. The smallest absolute Gasteiger partial charge is 0.327 e. The first kappa shape index (κ1) is 22.0. The van der Waals surface area contributed by atoms with Crippen molar-refractivity contribution in [2.75, 3.05) is 14.1 Å². The molecular weight excluding hydrogens is 446 g/mol. The zero-order valence-electron chi connectivity index (χ0n) is 18.0. The number of halogens is 1. The molecule has 0 aliphatic rings. The first-order chi connectivity index (χ1) is 15.7.